The van der Waals surface area contributed by atoms with Gasteiger partial charge in [-0.15, -0.1) is 0 Å². The standard InChI is InChI=1S/C24H19NO3/c26-24(27)21-15-25-22-12-11-19(13-17-7-3-1-4-8-17)14-20(22)23(21)28-16-18-9-5-2-6-10-18/h1-12,14-15H,13,16H2,(H,26,27). The van der Waals surface area contributed by atoms with Crippen LogP contribution in [0, 0.1) is 0 Å². The summed E-state index contributed by atoms with van der Waals surface area (Å²) in [6, 6.07) is 25.7. The summed E-state index contributed by atoms with van der Waals surface area (Å²) in [5, 5.41) is 10.3. The zero-order valence-electron chi connectivity index (χ0n) is 15.2. The molecule has 4 rings (SSSR count). The number of rotatable bonds is 6. The van der Waals surface area contributed by atoms with Crippen LogP contribution in [-0.4, -0.2) is 16.1 Å². The van der Waals surface area contributed by atoms with Gasteiger partial charge in [0.25, 0.3) is 0 Å². The van der Waals surface area contributed by atoms with Gasteiger partial charge in [0.05, 0.1) is 5.52 Å². The quantitative estimate of drug-likeness (QED) is 0.513. The largest absolute Gasteiger partial charge is 0.487 e. The van der Waals surface area contributed by atoms with Crippen LogP contribution in [0.5, 0.6) is 5.75 Å². The van der Waals surface area contributed by atoms with Crippen molar-refractivity contribution in [2.45, 2.75) is 13.0 Å². The molecule has 0 atom stereocenters. The highest BCUT2D eigenvalue weighted by atomic mass is 16.5. The number of aromatic nitrogens is 1. The molecule has 3 aromatic carbocycles. The molecular weight excluding hydrogens is 350 g/mol. The predicted molar refractivity (Wildman–Crippen MR) is 109 cm³/mol. The van der Waals surface area contributed by atoms with Crippen LogP contribution in [0.2, 0.25) is 0 Å². The van der Waals surface area contributed by atoms with Gasteiger partial charge in [-0.05, 0) is 35.2 Å². The number of benzene rings is 3. The van der Waals surface area contributed by atoms with Crippen molar-refractivity contribution in [3.05, 3.63) is 107 Å². The third-order valence-electron chi connectivity index (χ3n) is 4.59. The third kappa shape index (κ3) is 3.86. The molecule has 4 heteroatoms. The Bertz CT molecular complexity index is 1110. The fourth-order valence-corrected chi connectivity index (χ4v) is 3.19. The van der Waals surface area contributed by atoms with Crippen LogP contribution in [0.25, 0.3) is 10.9 Å². The van der Waals surface area contributed by atoms with Crippen molar-refractivity contribution in [3.8, 4) is 5.75 Å². The van der Waals surface area contributed by atoms with Gasteiger partial charge in [-0.25, -0.2) is 4.79 Å². The summed E-state index contributed by atoms with van der Waals surface area (Å²) in [7, 11) is 0. The molecule has 4 aromatic rings. The molecule has 1 aromatic heterocycles. The Morgan fingerprint density at radius 1 is 0.857 bits per heavy atom. The van der Waals surface area contributed by atoms with Crippen molar-refractivity contribution in [1.82, 2.24) is 4.98 Å². The summed E-state index contributed by atoms with van der Waals surface area (Å²) in [6.07, 6.45) is 2.12. The van der Waals surface area contributed by atoms with Crippen molar-refractivity contribution in [3.63, 3.8) is 0 Å². The summed E-state index contributed by atoms with van der Waals surface area (Å²) in [4.78, 5) is 16.0. The number of ether oxygens (including phenoxy) is 1. The minimum absolute atomic E-state index is 0.0697. The second kappa shape index (κ2) is 7.92. The van der Waals surface area contributed by atoms with Crippen molar-refractivity contribution < 1.29 is 14.6 Å². The Hall–Kier alpha value is -3.66. The molecule has 28 heavy (non-hydrogen) atoms. The number of fused-ring (bicyclic) bond motifs is 1. The van der Waals surface area contributed by atoms with Gasteiger partial charge in [0.2, 0.25) is 0 Å². The topological polar surface area (TPSA) is 59.4 Å². The van der Waals surface area contributed by atoms with E-state index in [9.17, 15) is 9.90 Å². The van der Waals surface area contributed by atoms with E-state index in [4.69, 9.17) is 4.74 Å². The van der Waals surface area contributed by atoms with E-state index in [2.05, 4.69) is 17.1 Å². The molecule has 0 radical (unpaired) electrons. The molecule has 0 unspecified atom stereocenters. The molecule has 0 saturated carbocycles. The summed E-state index contributed by atoms with van der Waals surface area (Å²) in [5.41, 5.74) is 4.03. The number of hydrogen-bond donors (Lipinski definition) is 1. The van der Waals surface area contributed by atoms with Crippen LogP contribution in [-0.2, 0) is 13.0 Å². The number of carbonyl (C=O) groups is 1. The molecule has 0 aliphatic carbocycles. The van der Waals surface area contributed by atoms with Gasteiger partial charge in [-0.2, -0.15) is 0 Å². The molecule has 0 saturated heterocycles. The lowest BCUT2D eigenvalue weighted by molar-refractivity contribution is 0.0691. The van der Waals surface area contributed by atoms with E-state index in [1.807, 2.05) is 66.7 Å². The lowest BCUT2D eigenvalue weighted by Gasteiger charge is -2.13. The average molecular weight is 369 g/mol. The second-order valence-electron chi connectivity index (χ2n) is 6.59. The summed E-state index contributed by atoms with van der Waals surface area (Å²) in [5.74, 6) is -0.692. The van der Waals surface area contributed by atoms with Gasteiger partial charge in [0.15, 0.2) is 0 Å². The monoisotopic (exact) mass is 369 g/mol. The molecule has 0 aliphatic rings. The van der Waals surface area contributed by atoms with Crippen LogP contribution in [0.3, 0.4) is 0 Å². The maximum Gasteiger partial charge on any atom is 0.341 e. The molecule has 4 nitrogen and oxygen atoms in total. The van der Waals surface area contributed by atoms with E-state index in [0.29, 0.717) is 23.3 Å². The Kier molecular flexibility index (Phi) is 5.02. The van der Waals surface area contributed by atoms with Gasteiger partial charge in [-0.3, -0.25) is 4.98 Å². The lowest BCUT2D eigenvalue weighted by Crippen LogP contribution is -2.05. The molecule has 0 aliphatic heterocycles. The highest BCUT2D eigenvalue weighted by molar-refractivity contribution is 5.98. The maximum absolute atomic E-state index is 11.7. The molecule has 0 amide bonds. The van der Waals surface area contributed by atoms with Gasteiger partial charge in [0.1, 0.15) is 17.9 Å². The molecular formula is C24H19NO3. The van der Waals surface area contributed by atoms with E-state index in [0.717, 1.165) is 17.5 Å². The number of carboxylic acid groups (broad SMARTS) is 1. The van der Waals surface area contributed by atoms with Crippen LogP contribution in [0.15, 0.2) is 85.1 Å². The predicted octanol–water partition coefficient (Wildman–Crippen LogP) is 5.10. The first kappa shape index (κ1) is 17.7. The number of nitrogens with zero attached hydrogens (tertiary/aromatic N) is 1. The fourth-order valence-electron chi connectivity index (χ4n) is 3.19. The number of pyridine rings is 1. The Morgan fingerprint density at radius 2 is 1.54 bits per heavy atom. The summed E-state index contributed by atoms with van der Waals surface area (Å²) >= 11 is 0. The van der Waals surface area contributed by atoms with Gasteiger partial charge in [-0.1, -0.05) is 66.7 Å². The van der Waals surface area contributed by atoms with Crippen LogP contribution >= 0.6 is 0 Å². The van der Waals surface area contributed by atoms with E-state index >= 15 is 0 Å². The second-order valence-corrected chi connectivity index (χ2v) is 6.59. The van der Waals surface area contributed by atoms with Crippen molar-refractivity contribution in [1.29, 1.82) is 0 Å². The molecule has 0 bridgehead atoms. The van der Waals surface area contributed by atoms with E-state index in [1.54, 1.807) is 0 Å². The van der Waals surface area contributed by atoms with Gasteiger partial charge in [0, 0.05) is 11.6 Å². The van der Waals surface area contributed by atoms with Crippen molar-refractivity contribution in [2.75, 3.05) is 0 Å². The first-order valence-corrected chi connectivity index (χ1v) is 9.06. The molecule has 0 spiro atoms. The SMILES string of the molecule is O=C(O)c1cnc2ccc(Cc3ccccc3)cc2c1OCc1ccccc1. The Morgan fingerprint density at radius 3 is 2.21 bits per heavy atom. The highest BCUT2D eigenvalue weighted by Crippen LogP contribution is 2.30. The number of hydrogen-bond acceptors (Lipinski definition) is 3. The lowest BCUT2D eigenvalue weighted by atomic mass is 10.0. The summed E-state index contributed by atoms with van der Waals surface area (Å²) < 4.78 is 5.98. The number of aromatic carboxylic acids is 1. The van der Waals surface area contributed by atoms with Gasteiger partial charge >= 0.3 is 5.97 Å². The minimum Gasteiger partial charge on any atom is -0.487 e. The van der Waals surface area contributed by atoms with E-state index in [1.165, 1.54) is 11.8 Å². The zero-order valence-corrected chi connectivity index (χ0v) is 15.2. The van der Waals surface area contributed by atoms with Crippen molar-refractivity contribution >= 4 is 16.9 Å². The zero-order chi connectivity index (χ0) is 19.3. The van der Waals surface area contributed by atoms with Crippen molar-refractivity contribution in [2.24, 2.45) is 0 Å². The maximum atomic E-state index is 11.7. The fraction of sp³-hybridized carbons (Fsp3) is 0.0833. The summed E-state index contributed by atoms with van der Waals surface area (Å²) in [6.45, 7) is 0.295. The minimum atomic E-state index is -1.05. The molecule has 1 heterocycles. The third-order valence-corrected chi connectivity index (χ3v) is 4.59. The van der Waals surface area contributed by atoms with Crippen LogP contribution in [0.1, 0.15) is 27.0 Å². The van der Waals surface area contributed by atoms with E-state index < -0.39 is 5.97 Å². The normalized spacial score (nSPS) is 10.7. The van der Waals surface area contributed by atoms with Crippen LogP contribution in [0.4, 0.5) is 0 Å². The Labute approximate surface area is 163 Å². The first-order valence-electron chi connectivity index (χ1n) is 9.06. The van der Waals surface area contributed by atoms with E-state index in [-0.39, 0.29) is 5.56 Å². The first-order chi connectivity index (χ1) is 13.7. The molecule has 138 valence electrons. The molecule has 1 N–H and O–H groups in total. The Balaban J connectivity index is 1.74. The molecule has 0 fully saturated rings. The smallest absolute Gasteiger partial charge is 0.341 e. The highest BCUT2D eigenvalue weighted by Gasteiger charge is 2.17. The van der Waals surface area contributed by atoms with Gasteiger partial charge < -0.3 is 9.84 Å². The number of carboxylic acids is 1. The van der Waals surface area contributed by atoms with Crippen LogP contribution < -0.4 is 4.74 Å². The average Bonchev–Trinajstić information content (AvgIpc) is 2.73.